The summed E-state index contributed by atoms with van der Waals surface area (Å²) in [6, 6.07) is 0. The van der Waals surface area contributed by atoms with Crippen molar-refractivity contribution in [1.82, 2.24) is 0 Å². The van der Waals surface area contributed by atoms with Crippen molar-refractivity contribution in [1.29, 1.82) is 0 Å². The highest BCUT2D eigenvalue weighted by Gasteiger charge is 2.36. The molecule has 36 heavy (non-hydrogen) atoms. The highest BCUT2D eigenvalue weighted by Crippen LogP contribution is 2.41. The van der Waals surface area contributed by atoms with Crippen LogP contribution >= 0.6 is 0 Å². The Morgan fingerprint density at radius 3 is 1.00 bits per heavy atom. The molecule has 0 aliphatic rings. The molecule has 1 rings (SSSR count). The van der Waals surface area contributed by atoms with Crippen molar-refractivity contribution in [2.45, 2.75) is 54.4 Å². The summed E-state index contributed by atoms with van der Waals surface area (Å²) >= 11 is 0. The Hall–Kier alpha value is -3.30. The maximum Gasteiger partial charge on any atom is 0.320 e. The van der Waals surface area contributed by atoms with Gasteiger partial charge in [0.05, 0.1) is 40.6 Å². The van der Waals surface area contributed by atoms with Gasteiger partial charge >= 0.3 is 23.9 Å². The molecule has 0 atom stereocenters. The zero-order chi connectivity index (χ0) is 27.4. The van der Waals surface area contributed by atoms with Crippen LogP contribution in [0.25, 0.3) is 0 Å². The van der Waals surface area contributed by atoms with Crippen LogP contribution in [0, 0.1) is 25.7 Å². The van der Waals surface area contributed by atoms with E-state index < -0.39 is 35.7 Å². The van der Waals surface area contributed by atoms with Crippen LogP contribution in [-0.4, -0.2) is 64.5 Å². The van der Waals surface area contributed by atoms with Crippen LogP contribution in [0.15, 0.2) is 0 Å². The lowest BCUT2D eigenvalue weighted by molar-refractivity contribution is -0.163. The van der Waals surface area contributed by atoms with Gasteiger partial charge in [0.1, 0.15) is 11.5 Å². The lowest BCUT2D eigenvalue weighted by atomic mass is 9.87. The standard InChI is InChI=1S/C26H38O10/c1-9-33-23(27)19(24(28)34-10-2)13-17-15(5)22(32-8)18(16(6)21(17)31-7)14-20(25(29)35-11-3)26(30)36-12-4/h19-20H,9-14H2,1-8H3. The molecule has 0 amide bonds. The average Bonchev–Trinajstić information content (AvgIpc) is 2.83. The first-order valence-corrected chi connectivity index (χ1v) is 12.0. The van der Waals surface area contributed by atoms with Gasteiger partial charge in [0, 0.05) is 24.0 Å². The minimum Gasteiger partial charge on any atom is -0.496 e. The van der Waals surface area contributed by atoms with Gasteiger partial charge < -0.3 is 28.4 Å². The number of carbonyl (C=O) groups excluding carboxylic acids is 4. The molecule has 0 aliphatic heterocycles. The lowest BCUT2D eigenvalue weighted by Crippen LogP contribution is -2.31. The molecule has 10 nitrogen and oxygen atoms in total. The molecule has 0 radical (unpaired) electrons. The van der Waals surface area contributed by atoms with Gasteiger partial charge in [0.25, 0.3) is 0 Å². The number of methoxy groups -OCH3 is 2. The van der Waals surface area contributed by atoms with E-state index in [4.69, 9.17) is 28.4 Å². The van der Waals surface area contributed by atoms with E-state index in [0.717, 1.165) is 0 Å². The monoisotopic (exact) mass is 510 g/mol. The Morgan fingerprint density at radius 2 is 0.806 bits per heavy atom. The Kier molecular flexibility index (Phi) is 12.8. The van der Waals surface area contributed by atoms with E-state index in [0.29, 0.717) is 33.8 Å². The van der Waals surface area contributed by atoms with Crippen molar-refractivity contribution in [3.63, 3.8) is 0 Å². The highest BCUT2D eigenvalue weighted by molar-refractivity contribution is 5.96. The van der Waals surface area contributed by atoms with Crippen molar-refractivity contribution in [2.75, 3.05) is 40.6 Å². The average molecular weight is 511 g/mol. The first kappa shape index (κ1) is 30.7. The van der Waals surface area contributed by atoms with Gasteiger partial charge in [-0.25, -0.2) is 0 Å². The van der Waals surface area contributed by atoms with Crippen LogP contribution < -0.4 is 9.47 Å². The fraction of sp³-hybridized carbons (Fsp3) is 0.615. The summed E-state index contributed by atoms with van der Waals surface area (Å²) in [6.45, 7) is 10.5. The van der Waals surface area contributed by atoms with Gasteiger partial charge in [0.2, 0.25) is 0 Å². The van der Waals surface area contributed by atoms with Gasteiger partial charge in [0.15, 0.2) is 11.8 Å². The van der Waals surface area contributed by atoms with E-state index >= 15 is 0 Å². The Balaban J connectivity index is 3.66. The largest absolute Gasteiger partial charge is 0.496 e. The van der Waals surface area contributed by atoms with Crippen molar-refractivity contribution < 1.29 is 47.6 Å². The van der Waals surface area contributed by atoms with Gasteiger partial charge in [-0.2, -0.15) is 0 Å². The molecule has 0 bridgehead atoms. The zero-order valence-electron chi connectivity index (χ0n) is 22.5. The minimum atomic E-state index is -1.21. The highest BCUT2D eigenvalue weighted by atomic mass is 16.6. The molecule has 0 aromatic heterocycles. The normalized spacial score (nSPS) is 10.7. The lowest BCUT2D eigenvalue weighted by Gasteiger charge is -2.25. The van der Waals surface area contributed by atoms with Crippen LogP contribution in [0.4, 0.5) is 0 Å². The number of ether oxygens (including phenoxy) is 6. The summed E-state index contributed by atoms with van der Waals surface area (Å²) in [6.07, 6.45) is -0.104. The third-order valence-corrected chi connectivity index (χ3v) is 5.64. The molecule has 0 heterocycles. The van der Waals surface area contributed by atoms with Crippen LogP contribution in [0.1, 0.15) is 49.9 Å². The molecule has 0 fully saturated rings. The van der Waals surface area contributed by atoms with Crippen molar-refractivity contribution in [3.05, 3.63) is 22.3 Å². The Morgan fingerprint density at radius 1 is 0.556 bits per heavy atom. The fourth-order valence-corrected chi connectivity index (χ4v) is 4.02. The zero-order valence-corrected chi connectivity index (χ0v) is 22.5. The first-order chi connectivity index (χ1) is 17.1. The van der Waals surface area contributed by atoms with Crippen molar-refractivity contribution in [2.24, 2.45) is 11.8 Å². The van der Waals surface area contributed by atoms with Gasteiger partial charge in [-0.05, 0) is 52.7 Å². The molecule has 0 spiro atoms. The molecule has 1 aromatic carbocycles. The van der Waals surface area contributed by atoms with Gasteiger partial charge in [-0.15, -0.1) is 0 Å². The van der Waals surface area contributed by atoms with Crippen LogP contribution in [-0.2, 0) is 51.0 Å². The summed E-state index contributed by atoms with van der Waals surface area (Å²) in [5.74, 6) is -4.45. The molecule has 0 N–H and O–H groups in total. The number of hydrogen-bond donors (Lipinski definition) is 0. The first-order valence-electron chi connectivity index (χ1n) is 12.0. The van der Waals surface area contributed by atoms with E-state index in [9.17, 15) is 19.2 Å². The summed E-state index contributed by atoms with van der Waals surface area (Å²) in [5, 5.41) is 0. The van der Waals surface area contributed by atoms with Crippen LogP contribution in [0.5, 0.6) is 11.5 Å². The van der Waals surface area contributed by atoms with E-state index in [1.165, 1.54) is 14.2 Å². The molecule has 202 valence electrons. The molecule has 10 heteroatoms. The Bertz CT molecular complexity index is 826. The molecule has 0 unspecified atom stereocenters. The number of hydrogen-bond acceptors (Lipinski definition) is 10. The second kappa shape index (κ2) is 15.0. The molecule has 1 aromatic rings. The van der Waals surface area contributed by atoms with E-state index in [-0.39, 0.29) is 39.3 Å². The second-order valence-corrected chi connectivity index (χ2v) is 7.80. The number of esters is 4. The number of carbonyl (C=O) groups is 4. The molecule has 0 saturated carbocycles. The molecular formula is C26H38O10. The van der Waals surface area contributed by atoms with Gasteiger partial charge in [-0.3, -0.25) is 19.2 Å². The predicted molar refractivity (Wildman–Crippen MR) is 130 cm³/mol. The van der Waals surface area contributed by atoms with Crippen molar-refractivity contribution in [3.8, 4) is 11.5 Å². The number of rotatable bonds is 14. The Labute approximate surface area is 212 Å². The maximum absolute atomic E-state index is 12.6. The molecule has 0 saturated heterocycles. The third-order valence-electron chi connectivity index (χ3n) is 5.64. The summed E-state index contributed by atoms with van der Waals surface area (Å²) in [4.78, 5) is 50.4. The van der Waals surface area contributed by atoms with Crippen LogP contribution in [0.3, 0.4) is 0 Å². The maximum atomic E-state index is 12.6. The van der Waals surface area contributed by atoms with Gasteiger partial charge in [-0.1, -0.05) is 0 Å². The SMILES string of the molecule is CCOC(=O)C(Cc1c(C)c(OC)c(CC(C(=O)OCC)C(=O)OCC)c(C)c1OC)C(=O)OCC. The smallest absolute Gasteiger partial charge is 0.320 e. The van der Waals surface area contributed by atoms with Crippen LogP contribution in [0.2, 0.25) is 0 Å². The quantitative estimate of drug-likeness (QED) is 0.210. The molecular weight excluding hydrogens is 472 g/mol. The van der Waals surface area contributed by atoms with E-state index in [1.54, 1.807) is 41.5 Å². The topological polar surface area (TPSA) is 124 Å². The summed E-state index contributed by atoms with van der Waals surface area (Å²) in [5.41, 5.74) is 2.26. The van der Waals surface area contributed by atoms with E-state index in [1.807, 2.05) is 0 Å². The predicted octanol–water partition coefficient (Wildman–Crippen LogP) is 2.89. The summed E-state index contributed by atoms with van der Waals surface area (Å²) < 4.78 is 31.8. The second-order valence-electron chi connectivity index (χ2n) is 7.80. The number of benzene rings is 1. The summed E-state index contributed by atoms with van der Waals surface area (Å²) in [7, 11) is 2.92. The third kappa shape index (κ3) is 7.35. The van der Waals surface area contributed by atoms with Crippen molar-refractivity contribution >= 4 is 23.9 Å². The minimum absolute atomic E-state index is 0.0522. The molecule has 0 aliphatic carbocycles. The van der Waals surface area contributed by atoms with E-state index in [2.05, 4.69) is 0 Å². The fourth-order valence-electron chi connectivity index (χ4n) is 4.02.